The van der Waals surface area contributed by atoms with E-state index in [4.69, 9.17) is 0 Å². The van der Waals surface area contributed by atoms with Crippen LogP contribution in [0, 0.1) is 5.92 Å². The van der Waals surface area contributed by atoms with E-state index < -0.39 is 0 Å². The van der Waals surface area contributed by atoms with E-state index in [2.05, 4.69) is 0 Å². The van der Waals surface area contributed by atoms with Crippen LogP contribution in [-0.2, 0) is 9.59 Å². The minimum absolute atomic E-state index is 0.00301. The Balaban J connectivity index is 1.45. The third-order valence-electron chi connectivity index (χ3n) is 5.09. The van der Waals surface area contributed by atoms with Gasteiger partial charge in [-0.25, -0.2) is 0 Å². The molecule has 2 heterocycles. The van der Waals surface area contributed by atoms with Gasteiger partial charge in [0.1, 0.15) is 0 Å². The lowest BCUT2D eigenvalue weighted by atomic mass is 10.1. The zero-order valence-electron chi connectivity index (χ0n) is 15.8. The van der Waals surface area contributed by atoms with Crippen LogP contribution >= 0.6 is 0 Å². The Bertz CT molecular complexity index is 731. The van der Waals surface area contributed by atoms with Crippen molar-refractivity contribution >= 4 is 23.6 Å². The molecule has 2 aliphatic rings. The molecule has 0 N–H and O–H groups in total. The number of piperazine rings is 1. The number of hydrogen-bond acceptors (Lipinski definition) is 4. The van der Waals surface area contributed by atoms with E-state index in [0.717, 1.165) is 0 Å². The summed E-state index contributed by atoms with van der Waals surface area (Å²) in [5.74, 6) is -0.490. The molecule has 7 heteroatoms. The first-order valence-corrected chi connectivity index (χ1v) is 9.42. The summed E-state index contributed by atoms with van der Waals surface area (Å²) >= 11 is 0. The van der Waals surface area contributed by atoms with Crippen LogP contribution in [0.5, 0.6) is 0 Å². The summed E-state index contributed by atoms with van der Waals surface area (Å²) in [7, 11) is 0. The van der Waals surface area contributed by atoms with Gasteiger partial charge in [0.25, 0.3) is 11.8 Å². The zero-order chi connectivity index (χ0) is 19.6. The predicted molar refractivity (Wildman–Crippen MR) is 99.0 cm³/mol. The quantitative estimate of drug-likeness (QED) is 0.733. The molecule has 0 unspecified atom stereocenters. The van der Waals surface area contributed by atoms with Gasteiger partial charge in [-0.3, -0.25) is 24.1 Å². The highest BCUT2D eigenvalue weighted by molar-refractivity contribution is 6.21. The second-order valence-electron chi connectivity index (χ2n) is 7.27. The van der Waals surface area contributed by atoms with Crippen molar-refractivity contribution in [1.82, 2.24) is 14.7 Å². The minimum atomic E-state index is -0.288. The molecule has 0 bridgehead atoms. The van der Waals surface area contributed by atoms with Gasteiger partial charge in [-0.05, 0) is 18.6 Å². The predicted octanol–water partition coefficient (Wildman–Crippen LogP) is 1.39. The molecule has 27 heavy (non-hydrogen) atoms. The van der Waals surface area contributed by atoms with E-state index >= 15 is 0 Å². The van der Waals surface area contributed by atoms with Gasteiger partial charge in [-0.15, -0.1) is 0 Å². The number of nitrogens with zero attached hydrogens (tertiary/aromatic N) is 3. The first kappa shape index (κ1) is 19.1. The van der Waals surface area contributed by atoms with Crippen molar-refractivity contribution in [3.63, 3.8) is 0 Å². The summed E-state index contributed by atoms with van der Waals surface area (Å²) in [4.78, 5) is 53.8. The van der Waals surface area contributed by atoms with Gasteiger partial charge in [0.2, 0.25) is 11.8 Å². The van der Waals surface area contributed by atoms with Crippen LogP contribution in [0.1, 0.15) is 47.4 Å². The van der Waals surface area contributed by atoms with Crippen molar-refractivity contribution in [3.8, 4) is 0 Å². The Morgan fingerprint density at radius 2 is 1.44 bits per heavy atom. The molecule has 0 aliphatic carbocycles. The van der Waals surface area contributed by atoms with Gasteiger partial charge in [-0.2, -0.15) is 0 Å². The number of benzene rings is 1. The molecule has 3 rings (SSSR count). The van der Waals surface area contributed by atoms with Crippen molar-refractivity contribution in [2.45, 2.75) is 26.7 Å². The minimum Gasteiger partial charge on any atom is -0.339 e. The molecule has 2 aliphatic heterocycles. The second kappa shape index (κ2) is 7.90. The molecule has 0 aromatic heterocycles. The van der Waals surface area contributed by atoms with E-state index in [9.17, 15) is 19.2 Å². The molecule has 4 amide bonds. The van der Waals surface area contributed by atoms with Crippen LogP contribution in [0.3, 0.4) is 0 Å². The molecule has 1 fully saturated rings. The Hall–Kier alpha value is -2.70. The lowest BCUT2D eigenvalue weighted by molar-refractivity contribution is -0.141. The first-order valence-electron chi connectivity index (χ1n) is 9.42. The van der Waals surface area contributed by atoms with Crippen LogP contribution in [0.25, 0.3) is 0 Å². The fraction of sp³-hybridized carbons (Fsp3) is 0.500. The SMILES string of the molecule is CC(C)C(=O)N1CCN(C(=O)CCCN2C(=O)c3ccccc3C2=O)CC1. The van der Waals surface area contributed by atoms with E-state index in [1.807, 2.05) is 13.8 Å². The zero-order valence-corrected chi connectivity index (χ0v) is 15.8. The van der Waals surface area contributed by atoms with Crippen LogP contribution in [0.2, 0.25) is 0 Å². The summed E-state index contributed by atoms with van der Waals surface area (Å²) < 4.78 is 0. The van der Waals surface area contributed by atoms with Crippen LogP contribution in [0.4, 0.5) is 0 Å². The number of fused-ring (bicyclic) bond motifs is 1. The molecule has 0 radical (unpaired) electrons. The Morgan fingerprint density at radius 3 is 1.96 bits per heavy atom. The molecular weight excluding hydrogens is 346 g/mol. The highest BCUT2D eigenvalue weighted by Crippen LogP contribution is 2.22. The molecule has 1 aromatic rings. The number of imide groups is 1. The molecule has 1 saturated heterocycles. The Kier molecular flexibility index (Phi) is 5.58. The number of amides is 4. The van der Waals surface area contributed by atoms with E-state index in [-0.39, 0.29) is 42.5 Å². The summed E-state index contributed by atoms with van der Waals surface area (Å²) in [6, 6.07) is 6.78. The Morgan fingerprint density at radius 1 is 0.926 bits per heavy atom. The van der Waals surface area contributed by atoms with Crippen LogP contribution in [-0.4, -0.2) is 71.1 Å². The summed E-state index contributed by atoms with van der Waals surface area (Å²) in [6.07, 6.45) is 0.723. The van der Waals surface area contributed by atoms with Gasteiger partial charge < -0.3 is 9.80 Å². The molecule has 144 valence electrons. The van der Waals surface area contributed by atoms with Gasteiger partial charge in [0.05, 0.1) is 11.1 Å². The Labute approximate surface area is 158 Å². The fourth-order valence-electron chi connectivity index (χ4n) is 3.53. The molecule has 7 nitrogen and oxygen atoms in total. The van der Waals surface area contributed by atoms with Crippen LogP contribution in [0.15, 0.2) is 24.3 Å². The second-order valence-corrected chi connectivity index (χ2v) is 7.27. The normalized spacial score (nSPS) is 16.9. The van der Waals surface area contributed by atoms with Crippen molar-refractivity contribution in [2.75, 3.05) is 32.7 Å². The summed E-state index contributed by atoms with van der Waals surface area (Å²) in [5, 5.41) is 0. The average molecular weight is 371 g/mol. The maximum absolute atomic E-state index is 12.4. The maximum atomic E-state index is 12.4. The van der Waals surface area contributed by atoms with E-state index in [0.29, 0.717) is 43.7 Å². The first-order chi connectivity index (χ1) is 12.9. The van der Waals surface area contributed by atoms with Crippen molar-refractivity contribution < 1.29 is 19.2 Å². The molecular formula is C20H25N3O4. The van der Waals surface area contributed by atoms with E-state index in [1.54, 1.807) is 34.1 Å². The largest absolute Gasteiger partial charge is 0.339 e. The highest BCUT2D eigenvalue weighted by atomic mass is 16.2. The van der Waals surface area contributed by atoms with Gasteiger partial charge >= 0.3 is 0 Å². The van der Waals surface area contributed by atoms with E-state index in [1.165, 1.54) is 4.90 Å². The topological polar surface area (TPSA) is 78.0 Å². The number of carbonyl (C=O) groups excluding carboxylic acids is 4. The van der Waals surface area contributed by atoms with Crippen molar-refractivity contribution in [3.05, 3.63) is 35.4 Å². The van der Waals surface area contributed by atoms with Gasteiger partial charge in [-0.1, -0.05) is 26.0 Å². The smallest absolute Gasteiger partial charge is 0.261 e. The summed E-state index contributed by atoms with van der Waals surface area (Å²) in [5.41, 5.74) is 0.861. The summed E-state index contributed by atoms with van der Waals surface area (Å²) in [6.45, 7) is 6.17. The highest BCUT2D eigenvalue weighted by Gasteiger charge is 2.34. The van der Waals surface area contributed by atoms with Crippen LogP contribution < -0.4 is 0 Å². The lowest BCUT2D eigenvalue weighted by Gasteiger charge is -2.35. The third kappa shape index (κ3) is 3.86. The number of rotatable bonds is 5. The van der Waals surface area contributed by atoms with Crippen molar-refractivity contribution in [1.29, 1.82) is 0 Å². The number of carbonyl (C=O) groups is 4. The molecule has 0 spiro atoms. The molecule has 0 saturated carbocycles. The number of hydrogen-bond donors (Lipinski definition) is 0. The monoisotopic (exact) mass is 371 g/mol. The lowest BCUT2D eigenvalue weighted by Crippen LogP contribution is -2.51. The molecule has 1 aromatic carbocycles. The average Bonchev–Trinajstić information content (AvgIpc) is 2.92. The van der Waals surface area contributed by atoms with Crippen molar-refractivity contribution in [2.24, 2.45) is 5.92 Å². The third-order valence-corrected chi connectivity index (χ3v) is 5.09. The molecule has 0 atom stereocenters. The van der Waals surface area contributed by atoms with Gasteiger partial charge in [0, 0.05) is 45.1 Å². The maximum Gasteiger partial charge on any atom is 0.261 e. The fourth-order valence-corrected chi connectivity index (χ4v) is 3.53. The van der Waals surface area contributed by atoms with Gasteiger partial charge in [0.15, 0.2) is 0 Å². The standard InChI is InChI=1S/C20H25N3O4/c1-14(2)18(25)22-12-10-21(11-13-22)17(24)8-5-9-23-19(26)15-6-3-4-7-16(15)20(23)27/h3-4,6-7,14H,5,8-13H2,1-2H3.